The third-order valence-electron chi connectivity index (χ3n) is 7.29. The first-order valence-electron chi connectivity index (χ1n) is 14.3. The van der Waals surface area contributed by atoms with E-state index in [0.717, 1.165) is 10.4 Å². The topological polar surface area (TPSA) is 144 Å². The minimum Gasteiger partial charge on any atom is -0.755 e. The normalized spacial score (nSPS) is 15.5. The van der Waals surface area contributed by atoms with Crippen LogP contribution in [-0.2, 0) is 22.5 Å². The molecule has 12 nitrogen and oxygen atoms in total. The first kappa shape index (κ1) is 32.8. The van der Waals surface area contributed by atoms with Crippen molar-refractivity contribution in [3.05, 3.63) is 58.4 Å². The average Bonchev–Trinajstić information content (AvgIpc) is 2.98. The number of halogens is 1. The summed E-state index contributed by atoms with van der Waals surface area (Å²) < 4.78 is 52.7. The van der Waals surface area contributed by atoms with Crippen molar-refractivity contribution in [2.45, 2.75) is 59.2 Å². The Balaban J connectivity index is 1.52. The van der Waals surface area contributed by atoms with Gasteiger partial charge in [0.2, 0.25) is 0 Å². The van der Waals surface area contributed by atoms with Crippen LogP contribution in [0.25, 0.3) is 10.9 Å². The van der Waals surface area contributed by atoms with E-state index in [1.165, 1.54) is 29.1 Å². The minimum atomic E-state index is -2.72. The van der Waals surface area contributed by atoms with Crippen molar-refractivity contribution in [2.24, 2.45) is 0 Å². The number of benzene rings is 2. The van der Waals surface area contributed by atoms with Crippen LogP contribution in [0.5, 0.6) is 11.5 Å². The minimum absolute atomic E-state index is 0.0108. The van der Waals surface area contributed by atoms with Gasteiger partial charge in [-0.3, -0.25) is 22.8 Å². The van der Waals surface area contributed by atoms with Gasteiger partial charge in [-0.1, -0.05) is 6.92 Å². The Kier molecular flexibility index (Phi) is 10.2. The standard InChI is InChI=1S/C30H37FN6O6S/c1-6-20(2)37(44(40)41)26-10-8-24(31)27(23(26)18-32)42-21-7-9-25-22(17-21)28(38)36(19-33-25)16-13-34-11-14-35(15-12-34)29(39)43-30(3,4)5/h7-10,17,19-20H,6,11-16H2,1-5H3,(H,40,41)/p-1. The number of anilines is 1. The van der Waals surface area contributed by atoms with Crippen molar-refractivity contribution in [3.63, 3.8) is 0 Å². The molecule has 2 atom stereocenters. The SMILES string of the molecule is CCC(C)N(c1ccc(F)c(Oc2ccc3ncn(CCN4CCN(C(=O)OC(C)(C)C)CC4)c(=O)c3c2)c1C#N)S(=O)[O-]. The maximum atomic E-state index is 15.0. The Morgan fingerprint density at radius 1 is 1.20 bits per heavy atom. The van der Waals surface area contributed by atoms with Crippen LogP contribution in [0, 0.1) is 17.1 Å². The van der Waals surface area contributed by atoms with E-state index in [1.54, 1.807) is 24.8 Å². The molecular formula is C30H36FN6O6S-. The van der Waals surface area contributed by atoms with Gasteiger partial charge in [0.05, 0.1) is 22.9 Å². The lowest BCUT2D eigenvalue weighted by molar-refractivity contribution is 0.0142. The molecular weight excluding hydrogens is 591 g/mol. The molecule has 2 heterocycles. The number of carbonyl (C=O) groups is 1. The molecule has 1 saturated heterocycles. The highest BCUT2D eigenvalue weighted by Crippen LogP contribution is 2.36. The Morgan fingerprint density at radius 3 is 2.52 bits per heavy atom. The summed E-state index contributed by atoms with van der Waals surface area (Å²) in [6.07, 6.45) is 1.58. The predicted molar refractivity (Wildman–Crippen MR) is 163 cm³/mol. The van der Waals surface area contributed by atoms with Crippen LogP contribution in [0.4, 0.5) is 14.9 Å². The molecule has 14 heteroatoms. The second-order valence-corrected chi connectivity index (χ2v) is 12.3. The van der Waals surface area contributed by atoms with E-state index in [4.69, 9.17) is 9.47 Å². The number of carbonyl (C=O) groups excluding carboxylic acids is 1. The molecule has 0 spiro atoms. The van der Waals surface area contributed by atoms with Crippen LogP contribution in [0.15, 0.2) is 41.5 Å². The van der Waals surface area contributed by atoms with E-state index >= 15 is 0 Å². The van der Waals surface area contributed by atoms with Crippen molar-refractivity contribution >= 4 is 34.0 Å². The molecule has 44 heavy (non-hydrogen) atoms. The quantitative estimate of drug-likeness (QED) is 0.320. The highest BCUT2D eigenvalue weighted by Gasteiger charge is 2.26. The Bertz CT molecular complexity index is 1640. The zero-order valence-electron chi connectivity index (χ0n) is 25.4. The van der Waals surface area contributed by atoms with Gasteiger partial charge in [0.1, 0.15) is 23.0 Å². The third-order valence-corrected chi connectivity index (χ3v) is 8.16. The van der Waals surface area contributed by atoms with Crippen LogP contribution in [0.1, 0.15) is 46.6 Å². The molecule has 0 radical (unpaired) electrons. The smallest absolute Gasteiger partial charge is 0.410 e. The number of piperazine rings is 1. The van der Waals surface area contributed by atoms with Gasteiger partial charge < -0.3 is 18.9 Å². The number of hydrogen-bond donors (Lipinski definition) is 0. The van der Waals surface area contributed by atoms with Crippen LogP contribution in [0.3, 0.4) is 0 Å². The molecule has 2 aromatic carbocycles. The molecule has 0 bridgehead atoms. The highest BCUT2D eigenvalue weighted by atomic mass is 32.2. The van der Waals surface area contributed by atoms with E-state index in [9.17, 15) is 28.0 Å². The molecule has 4 rings (SSSR count). The summed E-state index contributed by atoms with van der Waals surface area (Å²) in [6, 6.07) is 8.12. The van der Waals surface area contributed by atoms with Gasteiger partial charge in [-0.2, -0.15) is 5.26 Å². The molecule has 0 aliphatic carbocycles. The predicted octanol–water partition coefficient (Wildman–Crippen LogP) is 4.15. The summed E-state index contributed by atoms with van der Waals surface area (Å²) in [4.78, 5) is 33.9. The van der Waals surface area contributed by atoms with Crippen LogP contribution >= 0.6 is 0 Å². The maximum Gasteiger partial charge on any atom is 0.410 e. The second-order valence-electron chi connectivity index (χ2n) is 11.5. The third kappa shape index (κ3) is 7.53. The number of amides is 1. The van der Waals surface area contributed by atoms with E-state index in [0.29, 0.717) is 51.2 Å². The largest absolute Gasteiger partial charge is 0.755 e. The van der Waals surface area contributed by atoms with Crippen molar-refractivity contribution in [3.8, 4) is 17.6 Å². The number of rotatable bonds is 9. The molecule has 0 N–H and O–H groups in total. The summed E-state index contributed by atoms with van der Waals surface area (Å²) >= 11 is -2.72. The fourth-order valence-electron chi connectivity index (χ4n) is 4.78. The monoisotopic (exact) mass is 627 g/mol. The molecule has 1 fully saturated rings. The molecule has 1 aliphatic rings. The lowest BCUT2D eigenvalue weighted by atomic mass is 10.1. The molecule has 236 valence electrons. The summed E-state index contributed by atoms with van der Waals surface area (Å²) in [6.45, 7) is 12.2. The molecule has 0 saturated carbocycles. The van der Waals surface area contributed by atoms with Crippen LogP contribution in [-0.4, -0.2) is 78.6 Å². The van der Waals surface area contributed by atoms with Gasteiger partial charge >= 0.3 is 6.09 Å². The van der Waals surface area contributed by atoms with Gasteiger partial charge in [-0.05, 0) is 64.4 Å². The molecule has 1 aliphatic heterocycles. The van der Waals surface area contributed by atoms with Crippen LogP contribution < -0.4 is 14.6 Å². The van der Waals surface area contributed by atoms with Crippen LogP contribution in [0.2, 0.25) is 0 Å². The summed E-state index contributed by atoms with van der Waals surface area (Å²) in [7, 11) is 0. The van der Waals surface area contributed by atoms with Gasteiger partial charge in [0, 0.05) is 56.6 Å². The second kappa shape index (κ2) is 13.7. The molecule has 3 aromatic rings. The molecule has 1 amide bonds. The van der Waals surface area contributed by atoms with Gasteiger partial charge in [-0.15, -0.1) is 0 Å². The zero-order valence-corrected chi connectivity index (χ0v) is 26.2. The van der Waals surface area contributed by atoms with E-state index < -0.39 is 34.5 Å². The lowest BCUT2D eigenvalue weighted by Crippen LogP contribution is -2.50. The first-order valence-corrected chi connectivity index (χ1v) is 15.3. The van der Waals surface area contributed by atoms with Crippen molar-refractivity contribution < 1.29 is 27.4 Å². The summed E-state index contributed by atoms with van der Waals surface area (Å²) in [5.41, 5.74) is -0.780. The first-order chi connectivity index (χ1) is 20.8. The van der Waals surface area contributed by atoms with E-state index in [2.05, 4.69) is 9.88 Å². The molecule has 2 unspecified atom stereocenters. The number of hydrogen-bond acceptors (Lipinski definition) is 9. The van der Waals surface area contributed by atoms with Gasteiger partial charge in [-0.25, -0.2) is 14.2 Å². The number of ether oxygens (including phenoxy) is 2. The number of aromatic nitrogens is 2. The fourth-order valence-corrected chi connectivity index (χ4v) is 5.53. The van der Waals surface area contributed by atoms with Crippen molar-refractivity contribution in [2.75, 3.05) is 37.0 Å². The number of nitrogens with zero attached hydrogens (tertiary/aromatic N) is 6. The summed E-state index contributed by atoms with van der Waals surface area (Å²) in [5.74, 6) is -1.22. The maximum absolute atomic E-state index is 15.0. The zero-order chi connectivity index (χ0) is 32.2. The van der Waals surface area contributed by atoms with Gasteiger partial charge in [0.25, 0.3) is 5.56 Å². The molecule has 1 aromatic heterocycles. The van der Waals surface area contributed by atoms with Crippen molar-refractivity contribution in [1.29, 1.82) is 5.26 Å². The summed E-state index contributed by atoms with van der Waals surface area (Å²) in [5, 5.41) is 10.1. The highest BCUT2D eigenvalue weighted by molar-refractivity contribution is 7.80. The van der Waals surface area contributed by atoms with Crippen molar-refractivity contribution in [1.82, 2.24) is 19.4 Å². The fraction of sp³-hybridized carbons (Fsp3) is 0.467. The number of fused-ring (bicyclic) bond motifs is 1. The Hall–Kier alpha value is -4.06. The number of nitriles is 1. The van der Waals surface area contributed by atoms with Gasteiger partial charge in [0.15, 0.2) is 11.6 Å². The van der Waals surface area contributed by atoms with E-state index in [1.807, 2.05) is 26.8 Å². The average molecular weight is 628 g/mol. The lowest BCUT2D eigenvalue weighted by Gasteiger charge is -2.35. The Labute approximate surface area is 258 Å². The Morgan fingerprint density at radius 2 is 1.91 bits per heavy atom. The van der Waals surface area contributed by atoms with E-state index in [-0.39, 0.29) is 34.0 Å².